The van der Waals surface area contributed by atoms with E-state index in [1.54, 1.807) is 0 Å². The third kappa shape index (κ3) is 4.31. The number of hydrogen-bond acceptors (Lipinski definition) is 4. The van der Waals surface area contributed by atoms with Crippen molar-refractivity contribution in [1.82, 2.24) is 14.8 Å². The summed E-state index contributed by atoms with van der Waals surface area (Å²) >= 11 is 1.82. The van der Waals surface area contributed by atoms with Gasteiger partial charge in [-0.1, -0.05) is 12.1 Å². The molecule has 0 aliphatic carbocycles. The Morgan fingerprint density at radius 1 is 1.21 bits per heavy atom. The predicted octanol–water partition coefficient (Wildman–Crippen LogP) is 4.25. The zero-order valence-corrected chi connectivity index (χ0v) is 17.6. The number of aromatic nitrogens is 1. The Kier molecular flexibility index (Phi) is 5.87. The molecule has 0 saturated heterocycles. The molecule has 1 aliphatic heterocycles. The Balaban J connectivity index is 1.52. The molecule has 3 heterocycles. The molecule has 4 rings (SSSR count). The van der Waals surface area contributed by atoms with Gasteiger partial charge in [0.05, 0.1) is 12.3 Å². The van der Waals surface area contributed by atoms with Crippen LogP contribution in [0.25, 0.3) is 5.00 Å². The quantitative estimate of drug-likeness (QED) is 0.639. The van der Waals surface area contributed by atoms with Gasteiger partial charge in [-0.05, 0) is 50.2 Å². The minimum atomic E-state index is -0.233. The number of thiophene rings is 1. The summed E-state index contributed by atoms with van der Waals surface area (Å²) in [5.74, 6) is 0.675. The number of para-hydroxylation sites is 2. The molecule has 1 aromatic carbocycles. The van der Waals surface area contributed by atoms with Crippen molar-refractivity contribution in [1.29, 1.82) is 0 Å². The fraction of sp³-hybridized carbons (Fsp3) is 0.318. The van der Waals surface area contributed by atoms with Crippen LogP contribution in [0, 0.1) is 0 Å². The maximum absolute atomic E-state index is 12.6. The fourth-order valence-corrected chi connectivity index (χ4v) is 5.04. The molecular weight excluding hydrogens is 384 g/mol. The van der Waals surface area contributed by atoms with Crippen molar-refractivity contribution >= 4 is 23.1 Å². The zero-order valence-electron chi connectivity index (χ0n) is 16.8. The molecule has 152 valence electrons. The number of anilines is 1. The molecule has 1 aliphatic rings. The summed E-state index contributed by atoms with van der Waals surface area (Å²) in [6.45, 7) is 4.97. The number of rotatable bonds is 6. The first-order valence-electron chi connectivity index (χ1n) is 9.87. The second kappa shape index (κ2) is 8.71. The molecule has 2 amide bonds. The van der Waals surface area contributed by atoms with Gasteiger partial charge in [0.25, 0.3) is 0 Å². The summed E-state index contributed by atoms with van der Waals surface area (Å²) in [4.78, 5) is 16.3. The van der Waals surface area contributed by atoms with E-state index in [0.29, 0.717) is 24.6 Å². The van der Waals surface area contributed by atoms with E-state index in [9.17, 15) is 4.79 Å². The lowest BCUT2D eigenvalue weighted by atomic mass is 10.0. The second-order valence-corrected chi connectivity index (χ2v) is 8.19. The molecule has 0 bridgehead atoms. The van der Waals surface area contributed by atoms with Gasteiger partial charge in [-0.15, -0.1) is 11.3 Å². The molecule has 0 fully saturated rings. The maximum atomic E-state index is 12.6. The van der Waals surface area contributed by atoms with E-state index < -0.39 is 0 Å². The highest BCUT2D eigenvalue weighted by Crippen LogP contribution is 2.35. The molecule has 7 heteroatoms. The number of hydrogen-bond donors (Lipinski definition) is 2. The lowest BCUT2D eigenvalue weighted by Crippen LogP contribution is -2.30. The monoisotopic (exact) mass is 410 g/mol. The van der Waals surface area contributed by atoms with E-state index in [4.69, 9.17) is 4.74 Å². The number of ether oxygens (including phenoxy) is 1. The van der Waals surface area contributed by atoms with Crippen LogP contribution in [0.2, 0.25) is 0 Å². The maximum Gasteiger partial charge on any atom is 0.319 e. The molecule has 2 aromatic heterocycles. The standard InChI is InChI=1S/C22H26N4O2S/c1-3-28-19-9-5-4-8-18(19)24-22(27)23-14-17-16-10-13-25(2)15-20(16)29-21(17)26-11-6-7-12-26/h4-9,11-12H,3,10,13-15H2,1-2H3,(H2,23,24,27). The first kappa shape index (κ1) is 19.5. The number of carbonyl (C=O) groups excluding carboxylic acids is 1. The smallest absolute Gasteiger partial charge is 0.319 e. The van der Waals surface area contributed by atoms with Gasteiger partial charge in [0.1, 0.15) is 10.8 Å². The SMILES string of the molecule is CCOc1ccccc1NC(=O)NCc1c(-n2cccc2)sc2c1CCN(C)C2. The summed E-state index contributed by atoms with van der Waals surface area (Å²) < 4.78 is 7.73. The van der Waals surface area contributed by atoms with E-state index in [-0.39, 0.29) is 6.03 Å². The van der Waals surface area contributed by atoms with Gasteiger partial charge in [0.15, 0.2) is 0 Å². The summed E-state index contributed by atoms with van der Waals surface area (Å²) in [6, 6.07) is 11.3. The number of likely N-dealkylation sites (N-methyl/N-ethyl adjacent to an activating group) is 1. The lowest BCUT2D eigenvalue weighted by Gasteiger charge is -2.22. The predicted molar refractivity (Wildman–Crippen MR) is 117 cm³/mol. The molecule has 2 N–H and O–H groups in total. The highest BCUT2D eigenvalue weighted by molar-refractivity contribution is 7.14. The minimum absolute atomic E-state index is 0.233. The van der Waals surface area contributed by atoms with Gasteiger partial charge in [-0.2, -0.15) is 0 Å². The van der Waals surface area contributed by atoms with Gasteiger partial charge in [0.2, 0.25) is 0 Å². The number of carbonyl (C=O) groups is 1. The van der Waals surface area contributed by atoms with E-state index in [1.807, 2.05) is 54.7 Å². The normalized spacial score (nSPS) is 13.7. The number of nitrogens with one attached hydrogen (secondary N) is 2. The number of amides is 2. The van der Waals surface area contributed by atoms with Crippen LogP contribution < -0.4 is 15.4 Å². The van der Waals surface area contributed by atoms with Crippen LogP contribution in [0.4, 0.5) is 10.5 Å². The van der Waals surface area contributed by atoms with Crippen LogP contribution in [-0.2, 0) is 19.5 Å². The van der Waals surface area contributed by atoms with Gasteiger partial charge >= 0.3 is 6.03 Å². The van der Waals surface area contributed by atoms with E-state index >= 15 is 0 Å². The molecule has 0 saturated carbocycles. The van der Waals surface area contributed by atoms with Crippen molar-refractivity contribution < 1.29 is 9.53 Å². The molecule has 0 atom stereocenters. The molecular formula is C22H26N4O2S. The lowest BCUT2D eigenvalue weighted by molar-refractivity contribution is 0.251. The van der Waals surface area contributed by atoms with Crippen LogP contribution in [0.1, 0.15) is 22.9 Å². The second-order valence-electron chi connectivity index (χ2n) is 7.10. The third-order valence-electron chi connectivity index (χ3n) is 5.04. The van der Waals surface area contributed by atoms with Crippen molar-refractivity contribution in [2.75, 3.05) is 25.5 Å². The molecule has 0 radical (unpaired) electrons. The number of urea groups is 1. The Labute approximate surface area is 175 Å². The number of benzene rings is 1. The average Bonchev–Trinajstić information content (AvgIpc) is 3.35. The van der Waals surface area contributed by atoms with Crippen molar-refractivity contribution in [3.8, 4) is 10.8 Å². The first-order chi connectivity index (χ1) is 14.2. The number of fused-ring (bicyclic) bond motifs is 1. The molecule has 0 spiro atoms. The van der Waals surface area contributed by atoms with E-state index in [1.165, 1.54) is 21.0 Å². The van der Waals surface area contributed by atoms with Crippen LogP contribution >= 0.6 is 11.3 Å². The highest BCUT2D eigenvalue weighted by atomic mass is 32.1. The van der Waals surface area contributed by atoms with Crippen LogP contribution in [0.5, 0.6) is 5.75 Å². The fourth-order valence-electron chi connectivity index (χ4n) is 3.63. The van der Waals surface area contributed by atoms with Gasteiger partial charge in [-0.3, -0.25) is 0 Å². The summed E-state index contributed by atoms with van der Waals surface area (Å²) in [6.07, 6.45) is 5.13. The number of nitrogens with zero attached hydrogens (tertiary/aromatic N) is 2. The minimum Gasteiger partial charge on any atom is -0.492 e. The highest BCUT2D eigenvalue weighted by Gasteiger charge is 2.23. The van der Waals surface area contributed by atoms with Gasteiger partial charge < -0.3 is 24.8 Å². The van der Waals surface area contributed by atoms with Gasteiger partial charge in [0, 0.05) is 42.5 Å². The summed E-state index contributed by atoms with van der Waals surface area (Å²) in [5, 5.41) is 7.14. The molecule has 6 nitrogen and oxygen atoms in total. The van der Waals surface area contributed by atoms with Crippen molar-refractivity contribution in [2.24, 2.45) is 0 Å². The van der Waals surface area contributed by atoms with Crippen molar-refractivity contribution in [2.45, 2.75) is 26.4 Å². The Hall–Kier alpha value is -2.77. The van der Waals surface area contributed by atoms with E-state index in [2.05, 4.69) is 39.5 Å². The third-order valence-corrected chi connectivity index (χ3v) is 6.31. The van der Waals surface area contributed by atoms with Gasteiger partial charge in [-0.25, -0.2) is 4.79 Å². The summed E-state index contributed by atoms with van der Waals surface area (Å²) in [5.41, 5.74) is 3.26. The van der Waals surface area contributed by atoms with Crippen LogP contribution in [-0.4, -0.2) is 35.7 Å². The molecule has 0 unspecified atom stereocenters. The van der Waals surface area contributed by atoms with Crippen LogP contribution in [0.3, 0.4) is 0 Å². The molecule has 3 aromatic rings. The Bertz CT molecular complexity index is 981. The Morgan fingerprint density at radius 3 is 2.79 bits per heavy atom. The zero-order chi connectivity index (χ0) is 20.2. The molecule has 29 heavy (non-hydrogen) atoms. The van der Waals surface area contributed by atoms with Crippen LogP contribution in [0.15, 0.2) is 48.8 Å². The summed E-state index contributed by atoms with van der Waals surface area (Å²) in [7, 11) is 2.15. The average molecular weight is 411 g/mol. The van der Waals surface area contributed by atoms with Crippen molar-refractivity contribution in [3.63, 3.8) is 0 Å². The first-order valence-corrected chi connectivity index (χ1v) is 10.7. The van der Waals surface area contributed by atoms with Crippen molar-refractivity contribution in [3.05, 3.63) is 64.8 Å². The van der Waals surface area contributed by atoms with E-state index in [0.717, 1.165) is 19.5 Å². The Morgan fingerprint density at radius 2 is 2.00 bits per heavy atom. The largest absolute Gasteiger partial charge is 0.492 e. The topological polar surface area (TPSA) is 58.5 Å².